The van der Waals surface area contributed by atoms with Crippen molar-refractivity contribution in [3.8, 4) is 0 Å². The lowest BCUT2D eigenvalue weighted by molar-refractivity contribution is 0.0982. The predicted molar refractivity (Wildman–Crippen MR) is 312 cm³/mol. The molecule has 0 atom stereocenters. The number of amides is 4. The summed E-state index contributed by atoms with van der Waals surface area (Å²) >= 11 is 0. The predicted octanol–water partition coefficient (Wildman–Crippen LogP) is 8.18. The lowest BCUT2D eigenvalue weighted by atomic mass is 9.95. The quantitative estimate of drug-likeness (QED) is 0.0410. The number of carbonyl (C=O) groups excluding carboxylic acids is 6. The smallest absolute Gasteiger partial charge is 0.257 e. The number of benzene rings is 7. The van der Waals surface area contributed by atoms with Gasteiger partial charge < -0.3 is 37.2 Å². The van der Waals surface area contributed by atoms with E-state index in [1.54, 1.807) is 48.5 Å². The van der Waals surface area contributed by atoms with Crippen molar-refractivity contribution in [3.63, 3.8) is 0 Å². The topological polar surface area (TPSA) is 236 Å². The van der Waals surface area contributed by atoms with Crippen LogP contribution in [-0.4, -0.2) is 104 Å². The van der Waals surface area contributed by atoms with Crippen LogP contribution in [0.2, 0.25) is 0 Å². The van der Waals surface area contributed by atoms with Crippen molar-refractivity contribution in [2.24, 2.45) is 20.0 Å². The maximum Gasteiger partial charge on any atom is 0.257 e. The van der Waals surface area contributed by atoms with Crippen LogP contribution in [0, 0.1) is 0 Å². The van der Waals surface area contributed by atoms with Crippen LogP contribution in [0.4, 0.5) is 22.7 Å². The van der Waals surface area contributed by atoms with Crippen LogP contribution in [0.25, 0.3) is 0 Å². The fraction of sp³-hybridized carbons (Fsp3) is 0.175. The summed E-state index contributed by atoms with van der Waals surface area (Å²) < 4.78 is 0. The van der Waals surface area contributed by atoms with Crippen molar-refractivity contribution in [2.75, 3.05) is 67.1 Å². The number of nitrogens with zero attached hydrogens (tertiary/aromatic N) is 4. The molecule has 398 valence electrons. The van der Waals surface area contributed by atoms with Gasteiger partial charge in [0.15, 0.2) is 11.6 Å². The van der Waals surface area contributed by atoms with E-state index in [0.29, 0.717) is 42.3 Å². The van der Waals surface area contributed by atoms with Gasteiger partial charge in [0, 0.05) is 106 Å². The Kier molecular flexibility index (Phi) is 15.3. The molecule has 7 N–H and O–H groups in total. The van der Waals surface area contributed by atoms with Crippen LogP contribution >= 0.6 is 0 Å². The van der Waals surface area contributed by atoms with Crippen molar-refractivity contribution >= 4 is 81.2 Å². The maximum atomic E-state index is 14.2. The minimum Gasteiger partial charge on any atom is -0.368 e. The van der Waals surface area contributed by atoms with Crippen molar-refractivity contribution in [1.29, 1.82) is 0 Å². The van der Waals surface area contributed by atoms with Crippen molar-refractivity contribution < 1.29 is 28.8 Å². The van der Waals surface area contributed by atoms with E-state index in [9.17, 15) is 28.8 Å². The van der Waals surface area contributed by atoms with Gasteiger partial charge in [-0.05, 0) is 145 Å². The van der Waals surface area contributed by atoms with E-state index >= 15 is 0 Å². The molecule has 0 spiro atoms. The molecule has 0 unspecified atom stereocenters. The minimum atomic E-state index is -0.598. The molecule has 4 aliphatic heterocycles. The monoisotopic (exact) mass is 1060 g/mol. The molecular formula is C63H55N11O6. The number of carbonyl (C=O) groups is 6. The molecule has 0 aromatic heterocycles. The summed E-state index contributed by atoms with van der Waals surface area (Å²) in [5.41, 5.74) is 8.77. The summed E-state index contributed by atoms with van der Waals surface area (Å²) in [7, 11) is 0. The normalized spacial score (nSPS) is 14.3. The molecule has 7 aromatic carbocycles. The highest BCUT2D eigenvalue weighted by molar-refractivity contribution is 6.15. The van der Waals surface area contributed by atoms with Gasteiger partial charge in [0.1, 0.15) is 17.5 Å². The van der Waals surface area contributed by atoms with Gasteiger partial charge in [0.25, 0.3) is 23.6 Å². The molecule has 0 saturated heterocycles. The lowest BCUT2D eigenvalue weighted by Crippen LogP contribution is -2.20. The Morgan fingerprint density at radius 3 is 1.35 bits per heavy atom. The van der Waals surface area contributed by atoms with E-state index in [4.69, 9.17) is 0 Å². The highest BCUT2D eigenvalue weighted by atomic mass is 16.2. The molecular weight excluding hydrogens is 1010 g/mol. The highest BCUT2D eigenvalue weighted by Gasteiger charge is 2.23. The number of rotatable bonds is 18. The molecule has 0 fully saturated rings. The fourth-order valence-corrected chi connectivity index (χ4v) is 9.78. The van der Waals surface area contributed by atoms with E-state index in [2.05, 4.69) is 57.2 Å². The molecule has 7 aromatic rings. The number of Topliss-reactive ketones (excluding diaryl/α,β-unsaturated/α-hetero) is 2. The number of amidine groups is 3. The fourth-order valence-electron chi connectivity index (χ4n) is 9.78. The number of ketones is 2. The largest absolute Gasteiger partial charge is 0.368 e. The van der Waals surface area contributed by atoms with Gasteiger partial charge in [-0.25, -0.2) is 0 Å². The summed E-state index contributed by atoms with van der Waals surface area (Å²) in [6.07, 6.45) is 1.77. The second-order valence-corrected chi connectivity index (χ2v) is 19.6. The Hall–Kier alpha value is -10.2. The number of hydrogen-bond acceptors (Lipinski definition) is 13. The van der Waals surface area contributed by atoms with Crippen molar-refractivity contribution in [1.82, 2.24) is 16.0 Å². The molecule has 11 rings (SSSR count). The number of anilines is 4. The van der Waals surface area contributed by atoms with Gasteiger partial charge in [0.2, 0.25) is 0 Å². The molecule has 4 heterocycles. The molecule has 0 radical (unpaired) electrons. The third-order valence-electron chi connectivity index (χ3n) is 14.1. The third-order valence-corrected chi connectivity index (χ3v) is 14.1. The minimum absolute atomic E-state index is 0.0870. The molecule has 0 saturated carbocycles. The van der Waals surface area contributed by atoms with Gasteiger partial charge in [-0.1, -0.05) is 42.5 Å². The van der Waals surface area contributed by atoms with E-state index in [1.807, 2.05) is 60.7 Å². The van der Waals surface area contributed by atoms with Crippen LogP contribution in [0.3, 0.4) is 0 Å². The van der Waals surface area contributed by atoms with Gasteiger partial charge in [-0.15, -0.1) is 0 Å². The maximum absolute atomic E-state index is 14.2. The van der Waals surface area contributed by atoms with E-state index in [-0.39, 0.29) is 63.5 Å². The Morgan fingerprint density at radius 2 is 0.838 bits per heavy atom. The SMILES string of the molecule is O=C(Cc1ccc(C2=NCCC2)cc1)c1ccc(C(=O)Nc2ccc(C3=NCCN3)cc2)c(NC(=O)c2ccc(C(=O)Cc3cc(C(=O)Nc4ccc(C5=NCCN5)cc4)ccc3C(=O)Nc3ccc(C4=NCCN4)cc3)cc2)c1. The van der Waals surface area contributed by atoms with Crippen LogP contribution in [0.5, 0.6) is 0 Å². The standard InChI is InChI=1S/C63H55N11O6/c75-55(34-38-3-5-39(6-4-38)53-2-1-27-64-53)45-17-26-52(63(80)73-50-23-15-43(16-24-50)59-69-32-33-70-59)54(36-45)74-60(77)44-9-7-40(8-10-44)56(76)37-47-35-46(61(78)71-48-19-11-41(12-20-48)57-65-28-29-66-57)18-25-51(47)62(79)72-49-21-13-42(14-22-49)58-67-30-31-68-58/h3-26,35-36H,1-2,27-34,37H2,(H,65,66)(H,67,68)(H,69,70)(H,71,78)(H,72,79)(H,73,80)(H,74,77). The zero-order valence-electron chi connectivity index (χ0n) is 43.5. The molecule has 0 bridgehead atoms. The van der Waals surface area contributed by atoms with Crippen LogP contribution < -0.4 is 37.2 Å². The molecule has 17 nitrogen and oxygen atoms in total. The Balaban J connectivity index is 0.815. The third kappa shape index (κ3) is 12.2. The van der Waals surface area contributed by atoms with E-state index < -0.39 is 23.6 Å². The Labute approximate surface area is 461 Å². The number of hydrogen-bond donors (Lipinski definition) is 7. The summed E-state index contributed by atoms with van der Waals surface area (Å²) in [4.78, 5) is 102. The van der Waals surface area contributed by atoms with Crippen LogP contribution in [0.15, 0.2) is 178 Å². The van der Waals surface area contributed by atoms with E-state index in [0.717, 1.165) is 90.1 Å². The molecule has 17 heteroatoms. The van der Waals surface area contributed by atoms with Crippen LogP contribution in [0.1, 0.15) is 108 Å². The van der Waals surface area contributed by atoms with Gasteiger partial charge in [-0.2, -0.15) is 0 Å². The Bertz CT molecular complexity index is 3460. The summed E-state index contributed by atoms with van der Waals surface area (Å²) in [6.45, 7) is 5.16. The second kappa shape index (κ2) is 23.6. The molecule has 4 aliphatic rings. The number of nitrogens with one attached hydrogen (secondary N) is 7. The first-order valence-corrected chi connectivity index (χ1v) is 26.5. The van der Waals surface area contributed by atoms with Crippen LogP contribution in [-0.2, 0) is 12.8 Å². The first kappa shape index (κ1) is 51.9. The summed E-state index contributed by atoms with van der Waals surface area (Å²) in [5, 5.41) is 21.3. The van der Waals surface area contributed by atoms with Crippen molar-refractivity contribution in [3.05, 3.63) is 224 Å². The lowest BCUT2D eigenvalue weighted by Gasteiger charge is -2.14. The van der Waals surface area contributed by atoms with Gasteiger partial charge >= 0.3 is 0 Å². The second-order valence-electron chi connectivity index (χ2n) is 19.6. The average molecular weight is 1060 g/mol. The highest BCUT2D eigenvalue weighted by Crippen LogP contribution is 2.25. The number of aliphatic imine (C=N–C) groups is 4. The average Bonchev–Trinajstić information content (AvgIpc) is 4.37. The zero-order chi connectivity index (χ0) is 55.0. The molecule has 4 amide bonds. The first-order valence-electron chi connectivity index (χ1n) is 26.5. The zero-order valence-corrected chi connectivity index (χ0v) is 43.5. The van der Waals surface area contributed by atoms with Gasteiger partial charge in [-0.3, -0.25) is 48.7 Å². The first-order chi connectivity index (χ1) is 39.1. The summed E-state index contributed by atoms with van der Waals surface area (Å²) in [6, 6.07) is 44.7. The van der Waals surface area contributed by atoms with E-state index in [1.165, 1.54) is 48.5 Å². The van der Waals surface area contributed by atoms with Crippen molar-refractivity contribution in [2.45, 2.75) is 25.7 Å². The van der Waals surface area contributed by atoms with Gasteiger partial charge in [0.05, 0.1) is 30.9 Å². The summed E-state index contributed by atoms with van der Waals surface area (Å²) in [5.74, 6) is -0.286. The molecule has 80 heavy (non-hydrogen) atoms. The Morgan fingerprint density at radius 1 is 0.388 bits per heavy atom. The molecule has 0 aliphatic carbocycles.